The molecule has 0 atom stereocenters. The third kappa shape index (κ3) is 3.61. The lowest BCUT2D eigenvalue weighted by Crippen LogP contribution is -2.11. The number of aryl methyl sites for hydroxylation is 2. The summed E-state index contributed by atoms with van der Waals surface area (Å²) in [5.41, 5.74) is 9.47. The molecule has 0 saturated carbocycles. The van der Waals surface area contributed by atoms with E-state index in [9.17, 15) is 9.18 Å². The number of benzene rings is 2. The van der Waals surface area contributed by atoms with Crippen LogP contribution in [0.4, 0.5) is 10.2 Å². The van der Waals surface area contributed by atoms with Gasteiger partial charge in [0, 0.05) is 34.9 Å². The number of fused-ring (bicyclic) bond motifs is 1. The quantitative estimate of drug-likeness (QED) is 0.507. The Kier molecular flexibility index (Phi) is 5.18. The maximum atomic E-state index is 13.5. The molecule has 30 heavy (non-hydrogen) atoms. The van der Waals surface area contributed by atoms with E-state index in [0.717, 1.165) is 34.1 Å². The van der Waals surface area contributed by atoms with Crippen molar-refractivity contribution in [2.45, 2.75) is 26.8 Å². The van der Waals surface area contributed by atoms with E-state index in [1.807, 2.05) is 36.6 Å². The van der Waals surface area contributed by atoms with Gasteiger partial charge in [-0.25, -0.2) is 9.37 Å². The highest BCUT2D eigenvalue weighted by atomic mass is 19.1. The van der Waals surface area contributed by atoms with Crippen LogP contribution >= 0.6 is 0 Å². The summed E-state index contributed by atoms with van der Waals surface area (Å²) in [5, 5.41) is 4.07. The standard InChI is InChI=1S/C23H22FN5O/c1-3-16-13-27-23(28-22(16)26-12-15-6-4-7-17(24)11-15)29-14(2)10-19-18(21(25)30)8-5-9-20(19)29/h4-11,13H,3,12H2,1-2H3,(H2,25,30)(H,26,27,28). The molecule has 0 saturated heterocycles. The van der Waals surface area contributed by atoms with Gasteiger partial charge in [-0.15, -0.1) is 0 Å². The maximum Gasteiger partial charge on any atom is 0.249 e. The van der Waals surface area contributed by atoms with Crippen molar-refractivity contribution in [3.8, 4) is 5.95 Å². The molecule has 0 radical (unpaired) electrons. The van der Waals surface area contributed by atoms with E-state index in [1.165, 1.54) is 12.1 Å². The molecule has 3 N–H and O–H groups in total. The summed E-state index contributed by atoms with van der Waals surface area (Å²) in [4.78, 5) is 21.1. The number of nitrogens with two attached hydrogens (primary N) is 1. The molecule has 0 aliphatic rings. The first kappa shape index (κ1) is 19.6. The number of hydrogen-bond acceptors (Lipinski definition) is 4. The molecular formula is C23H22FN5O. The first-order valence-corrected chi connectivity index (χ1v) is 9.73. The number of aromatic nitrogens is 3. The Balaban J connectivity index is 1.75. The highest BCUT2D eigenvalue weighted by Crippen LogP contribution is 2.26. The lowest BCUT2D eigenvalue weighted by Gasteiger charge is -2.13. The first-order chi connectivity index (χ1) is 14.5. The number of primary amides is 1. The number of halogens is 1. The van der Waals surface area contributed by atoms with E-state index < -0.39 is 5.91 Å². The van der Waals surface area contributed by atoms with Gasteiger partial charge in [0.1, 0.15) is 11.6 Å². The summed E-state index contributed by atoms with van der Waals surface area (Å²) in [5.74, 6) is 0.438. The van der Waals surface area contributed by atoms with Crippen molar-refractivity contribution in [1.29, 1.82) is 0 Å². The highest BCUT2D eigenvalue weighted by Gasteiger charge is 2.16. The molecule has 0 spiro atoms. The van der Waals surface area contributed by atoms with Crippen LogP contribution in [0.3, 0.4) is 0 Å². The van der Waals surface area contributed by atoms with Crippen LogP contribution in [-0.4, -0.2) is 20.4 Å². The van der Waals surface area contributed by atoms with Gasteiger partial charge in [0.2, 0.25) is 11.9 Å². The zero-order chi connectivity index (χ0) is 21.3. The molecule has 7 heteroatoms. The fourth-order valence-electron chi connectivity index (χ4n) is 3.59. The smallest absolute Gasteiger partial charge is 0.249 e. The number of carbonyl (C=O) groups is 1. The molecule has 2 heterocycles. The Bertz CT molecular complexity index is 1250. The molecular weight excluding hydrogens is 381 g/mol. The zero-order valence-corrected chi connectivity index (χ0v) is 16.8. The molecule has 4 aromatic rings. The van der Waals surface area contributed by atoms with Crippen LogP contribution in [0, 0.1) is 12.7 Å². The number of nitrogens with one attached hydrogen (secondary N) is 1. The number of anilines is 1. The second kappa shape index (κ2) is 7.94. The van der Waals surface area contributed by atoms with Crippen molar-refractivity contribution in [1.82, 2.24) is 14.5 Å². The summed E-state index contributed by atoms with van der Waals surface area (Å²) >= 11 is 0. The van der Waals surface area contributed by atoms with E-state index in [1.54, 1.807) is 24.4 Å². The lowest BCUT2D eigenvalue weighted by molar-refractivity contribution is 0.100. The number of carbonyl (C=O) groups excluding carboxylic acids is 1. The second-order valence-electron chi connectivity index (χ2n) is 7.10. The molecule has 2 aromatic carbocycles. The minimum atomic E-state index is -0.475. The number of nitrogens with zero attached hydrogens (tertiary/aromatic N) is 3. The first-order valence-electron chi connectivity index (χ1n) is 9.73. The van der Waals surface area contributed by atoms with E-state index in [2.05, 4.69) is 10.3 Å². The summed E-state index contributed by atoms with van der Waals surface area (Å²) < 4.78 is 15.4. The zero-order valence-electron chi connectivity index (χ0n) is 16.8. The summed E-state index contributed by atoms with van der Waals surface area (Å²) in [6.07, 6.45) is 2.54. The Hall–Kier alpha value is -3.74. The van der Waals surface area contributed by atoms with Gasteiger partial charge in [-0.05, 0) is 49.2 Å². The van der Waals surface area contributed by atoms with Crippen molar-refractivity contribution >= 4 is 22.6 Å². The minimum absolute atomic E-state index is 0.270. The van der Waals surface area contributed by atoms with Crippen LogP contribution < -0.4 is 11.1 Å². The SMILES string of the molecule is CCc1cnc(-n2c(C)cc3c(C(N)=O)cccc32)nc1NCc1cccc(F)c1. The second-order valence-corrected chi connectivity index (χ2v) is 7.10. The van der Waals surface area contributed by atoms with Gasteiger partial charge in [0.15, 0.2) is 0 Å². The Labute approximate surface area is 173 Å². The van der Waals surface area contributed by atoms with Gasteiger partial charge in [-0.2, -0.15) is 4.98 Å². The Morgan fingerprint density at radius 2 is 2.00 bits per heavy atom. The van der Waals surface area contributed by atoms with Crippen molar-refractivity contribution in [3.05, 3.63) is 82.9 Å². The van der Waals surface area contributed by atoms with Gasteiger partial charge in [-0.3, -0.25) is 9.36 Å². The van der Waals surface area contributed by atoms with Crippen molar-refractivity contribution in [3.63, 3.8) is 0 Å². The van der Waals surface area contributed by atoms with Crippen molar-refractivity contribution in [2.75, 3.05) is 5.32 Å². The minimum Gasteiger partial charge on any atom is -0.366 e. The predicted octanol–water partition coefficient (Wildman–Crippen LogP) is 4.14. The van der Waals surface area contributed by atoms with Gasteiger partial charge >= 0.3 is 0 Å². The number of rotatable bonds is 6. The molecule has 0 fully saturated rings. The molecule has 2 aromatic heterocycles. The van der Waals surface area contributed by atoms with Gasteiger partial charge in [0.05, 0.1) is 5.52 Å². The highest BCUT2D eigenvalue weighted by molar-refractivity contribution is 6.06. The van der Waals surface area contributed by atoms with Crippen LogP contribution in [0.5, 0.6) is 0 Å². The molecule has 1 amide bonds. The predicted molar refractivity (Wildman–Crippen MR) is 115 cm³/mol. The molecule has 6 nitrogen and oxygen atoms in total. The topological polar surface area (TPSA) is 85.8 Å². The van der Waals surface area contributed by atoms with Gasteiger partial charge < -0.3 is 11.1 Å². The normalized spacial score (nSPS) is 11.0. The summed E-state index contributed by atoms with van der Waals surface area (Å²) in [7, 11) is 0. The average Bonchev–Trinajstić information content (AvgIpc) is 3.07. The fraction of sp³-hybridized carbons (Fsp3) is 0.174. The Morgan fingerprint density at radius 3 is 2.73 bits per heavy atom. The molecule has 4 rings (SSSR count). The third-order valence-electron chi connectivity index (χ3n) is 5.08. The van der Waals surface area contributed by atoms with E-state index >= 15 is 0 Å². The maximum absolute atomic E-state index is 13.5. The largest absolute Gasteiger partial charge is 0.366 e. The van der Waals surface area contributed by atoms with Crippen LogP contribution in [0.15, 0.2) is 54.7 Å². The monoisotopic (exact) mass is 403 g/mol. The molecule has 0 aliphatic carbocycles. The molecule has 152 valence electrons. The van der Waals surface area contributed by atoms with Gasteiger partial charge in [-0.1, -0.05) is 25.1 Å². The summed E-state index contributed by atoms with van der Waals surface area (Å²) in [6, 6.07) is 13.8. The van der Waals surface area contributed by atoms with E-state index in [0.29, 0.717) is 23.9 Å². The van der Waals surface area contributed by atoms with Gasteiger partial charge in [0.25, 0.3) is 0 Å². The van der Waals surface area contributed by atoms with Crippen LogP contribution in [-0.2, 0) is 13.0 Å². The third-order valence-corrected chi connectivity index (χ3v) is 5.08. The van der Waals surface area contributed by atoms with E-state index in [4.69, 9.17) is 10.7 Å². The average molecular weight is 403 g/mol. The molecule has 0 unspecified atom stereocenters. The van der Waals surface area contributed by atoms with Crippen molar-refractivity contribution < 1.29 is 9.18 Å². The van der Waals surface area contributed by atoms with E-state index in [-0.39, 0.29) is 5.82 Å². The molecule has 0 aliphatic heterocycles. The number of hydrogen-bond donors (Lipinski definition) is 2. The molecule has 0 bridgehead atoms. The summed E-state index contributed by atoms with van der Waals surface area (Å²) in [6.45, 7) is 4.40. The van der Waals surface area contributed by atoms with Crippen LogP contribution in [0.2, 0.25) is 0 Å². The Morgan fingerprint density at radius 1 is 1.20 bits per heavy atom. The number of amides is 1. The van der Waals surface area contributed by atoms with Crippen LogP contribution in [0.1, 0.15) is 34.1 Å². The lowest BCUT2D eigenvalue weighted by atomic mass is 10.1. The van der Waals surface area contributed by atoms with Crippen LogP contribution in [0.25, 0.3) is 16.9 Å². The van der Waals surface area contributed by atoms with Crippen molar-refractivity contribution in [2.24, 2.45) is 5.73 Å². The fourth-order valence-corrected chi connectivity index (χ4v) is 3.59.